The SMILES string of the molecule is O=c1cc(C2CCCN(Cc3cnc(N4CCCCC4)nc3)C2)nc(-c2ccncc2)[nH]1. The van der Waals surface area contributed by atoms with Gasteiger partial charge in [-0.25, -0.2) is 15.0 Å². The summed E-state index contributed by atoms with van der Waals surface area (Å²) in [4.78, 5) is 38.0. The van der Waals surface area contributed by atoms with E-state index in [1.165, 1.54) is 19.3 Å². The summed E-state index contributed by atoms with van der Waals surface area (Å²) in [7, 11) is 0. The number of hydrogen-bond donors (Lipinski definition) is 1. The van der Waals surface area contributed by atoms with Crippen molar-refractivity contribution >= 4 is 5.95 Å². The zero-order valence-electron chi connectivity index (χ0n) is 18.3. The third-order valence-corrected chi connectivity index (χ3v) is 6.38. The fourth-order valence-corrected chi connectivity index (χ4v) is 4.72. The number of pyridine rings is 1. The first-order chi connectivity index (χ1) is 15.7. The largest absolute Gasteiger partial charge is 0.341 e. The van der Waals surface area contributed by atoms with Gasteiger partial charge in [-0.05, 0) is 50.8 Å². The van der Waals surface area contributed by atoms with Crippen molar-refractivity contribution in [3.8, 4) is 11.4 Å². The Bertz CT molecular complexity index is 1080. The van der Waals surface area contributed by atoms with Gasteiger partial charge in [0.1, 0.15) is 5.82 Å². The smallest absolute Gasteiger partial charge is 0.251 e. The topological polar surface area (TPSA) is 90.9 Å². The Hall–Kier alpha value is -3.13. The van der Waals surface area contributed by atoms with E-state index < -0.39 is 0 Å². The van der Waals surface area contributed by atoms with Gasteiger partial charge in [0, 0.05) is 74.1 Å². The molecule has 8 heteroatoms. The van der Waals surface area contributed by atoms with Gasteiger partial charge in [0.25, 0.3) is 5.56 Å². The number of H-pyrrole nitrogens is 1. The molecule has 3 aromatic rings. The molecule has 0 aromatic carbocycles. The van der Waals surface area contributed by atoms with Crippen LogP contribution in [0.15, 0.2) is 47.8 Å². The summed E-state index contributed by atoms with van der Waals surface area (Å²) >= 11 is 0. The van der Waals surface area contributed by atoms with Gasteiger partial charge in [0.2, 0.25) is 5.95 Å². The van der Waals surface area contributed by atoms with Gasteiger partial charge in [-0.15, -0.1) is 0 Å². The number of nitrogens with zero attached hydrogens (tertiary/aromatic N) is 6. The van der Waals surface area contributed by atoms with Gasteiger partial charge in [-0.2, -0.15) is 0 Å². The summed E-state index contributed by atoms with van der Waals surface area (Å²) in [5.41, 5.74) is 2.75. The average molecular weight is 432 g/mol. The fourth-order valence-electron chi connectivity index (χ4n) is 4.72. The number of anilines is 1. The van der Waals surface area contributed by atoms with Crippen LogP contribution in [0, 0.1) is 0 Å². The lowest BCUT2D eigenvalue weighted by molar-refractivity contribution is 0.198. The van der Waals surface area contributed by atoms with Crippen LogP contribution in [0.1, 0.15) is 49.3 Å². The van der Waals surface area contributed by atoms with Crippen LogP contribution in [0.3, 0.4) is 0 Å². The third-order valence-electron chi connectivity index (χ3n) is 6.38. The monoisotopic (exact) mass is 431 g/mol. The van der Waals surface area contributed by atoms with E-state index in [1.807, 2.05) is 24.5 Å². The van der Waals surface area contributed by atoms with Crippen molar-refractivity contribution in [3.05, 3.63) is 64.6 Å². The van der Waals surface area contributed by atoms with Gasteiger partial charge < -0.3 is 9.88 Å². The van der Waals surface area contributed by atoms with Crippen molar-refractivity contribution in [2.75, 3.05) is 31.1 Å². The highest BCUT2D eigenvalue weighted by atomic mass is 16.1. The molecular formula is C24H29N7O. The molecule has 1 unspecified atom stereocenters. The molecule has 2 saturated heterocycles. The second-order valence-corrected chi connectivity index (χ2v) is 8.77. The second-order valence-electron chi connectivity index (χ2n) is 8.77. The second kappa shape index (κ2) is 9.56. The average Bonchev–Trinajstić information content (AvgIpc) is 2.85. The van der Waals surface area contributed by atoms with Gasteiger partial charge >= 0.3 is 0 Å². The maximum Gasteiger partial charge on any atom is 0.251 e. The molecule has 5 heterocycles. The summed E-state index contributed by atoms with van der Waals surface area (Å²) < 4.78 is 0. The number of aromatic amines is 1. The van der Waals surface area contributed by atoms with Crippen molar-refractivity contribution in [2.45, 2.75) is 44.6 Å². The molecule has 0 amide bonds. The molecule has 2 aliphatic heterocycles. The molecule has 3 aromatic heterocycles. The van der Waals surface area contributed by atoms with Crippen molar-refractivity contribution in [1.29, 1.82) is 0 Å². The van der Waals surface area contributed by atoms with Gasteiger partial charge in [-0.3, -0.25) is 14.7 Å². The zero-order valence-corrected chi connectivity index (χ0v) is 18.3. The van der Waals surface area contributed by atoms with Crippen LogP contribution in [0.25, 0.3) is 11.4 Å². The van der Waals surface area contributed by atoms with Crippen molar-refractivity contribution < 1.29 is 0 Å². The van der Waals surface area contributed by atoms with Crippen LogP contribution >= 0.6 is 0 Å². The molecule has 0 saturated carbocycles. The molecule has 1 N–H and O–H groups in total. The predicted octanol–water partition coefficient (Wildman–Crippen LogP) is 2.99. The lowest BCUT2D eigenvalue weighted by atomic mass is 9.94. The van der Waals surface area contributed by atoms with Crippen LogP contribution in [0.4, 0.5) is 5.95 Å². The van der Waals surface area contributed by atoms with Crippen LogP contribution in [-0.4, -0.2) is 56.0 Å². The summed E-state index contributed by atoms with van der Waals surface area (Å²) in [6, 6.07) is 5.38. The molecule has 0 bridgehead atoms. The number of rotatable bonds is 5. The minimum Gasteiger partial charge on any atom is -0.341 e. The molecule has 32 heavy (non-hydrogen) atoms. The quantitative estimate of drug-likeness (QED) is 0.664. The maximum atomic E-state index is 12.3. The highest BCUT2D eigenvalue weighted by molar-refractivity contribution is 5.53. The number of hydrogen-bond acceptors (Lipinski definition) is 7. The first-order valence-electron chi connectivity index (χ1n) is 11.5. The summed E-state index contributed by atoms with van der Waals surface area (Å²) in [5.74, 6) is 1.69. The Morgan fingerprint density at radius 1 is 1.00 bits per heavy atom. The molecule has 0 aliphatic carbocycles. The molecule has 5 rings (SSSR count). The van der Waals surface area contributed by atoms with Crippen LogP contribution < -0.4 is 10.5 Å². The van der Waals surface area contributed by atoms with E-state index in [2.05, 4.69) is 29.7 Å². The van der Waals surface area contributed by atoms with E-state index in [0.717, 1.165) is 68.3 Å². The van der Waals surface area contributed by atoms with E-state index >= 15 is 0 Å². The number of aromatic nitrogens is 5. The Morgan fingerprint density at radius 2 is 1.78 bits per heavy atom. The van der Waals surface area contributed by atoms with E-state index in [-0.39, 0.29) is 11.5 Å². The van der Waals surface area contributed by atoms with E-state index in [4.69, 9.17) is 4.98 Å². The van der Waals surface area contributed by atoms with Crippen molar-refractivity contribution in [1.82, 2.24) is 29.8 Å². The highest BCUT2D eigenvalue weighted by Gasteiger charge is 2.24. The molecule has 8 nitrogen and oxygen atoms in total. The van der Waals surface area contributed by atoms with E-state index in [1.54, 1.807) is 18.5 Å². The third kappa shape index (κ3) is 4.85. The fraction of sp³-hybridized carbons (Fsp3) is 0.458. The van der Waals surface area contributed by atoms with Gasteiger partial charge in [0.15, 0.2) is 0 Å². The summed E-state index contributed by atoms with van der Waals surface area (Å²) in [6.45, 7) is 4.83. The normalized spacial score (nSPS) is 19.8. The maximum absolute atomic E-state index is 12.3. The zero-order chi connectivity index (χ0) is 21.8. The first kappa shape index (κ1) is 20.8. The molecule has 2 aliphatic rings. The van der Waals surface area contributed by atoms with Crippen LogP contribution in [0.5, 0.6) is 0 Å². The standard InChI is InChI=1S/C24H29N7O/c32-22-13-21(28-23(29-22)19-6-8-25-9-7-19)20-5-4-10-30(17-20)16-18-14-26-24(27-15-18)31-11-2-1-3-12-31/h6-9,13-15,20H,1-5,10-12,16-17H2,(H,28,29,32). The predicted molar refractivity (Wildman–Crippen MR) is 123 cm³/mol. The first-order valence-corrected chi connectivity index (χ1v) is 11.5. The van der Waals surface area contributed by atoms with Gasteiger partial charge in [0.05, 0.1) is 5.69 Å². The molecule has 166 valence electrons. The molecule has 0 spiro atoms. The molecular weight excluding hydrogens is 402 g/mol. The minimum atomic E-state index is -0.111. The Balaban J connectivity index is 1.27. The Labute approximate surface area is 187 Å². The van der Waals surface area contributed by atoms with Crippen molar-refractivity contribution in [3.63, 3.8) is 0 Å². The van der Waals surface area contributed by atoms with Crippen molar-refractivity contribution in [2.24, 2.45) is 0 Å². The van der Waals surface area contributed by atoms with E-state index in [0.29, 0.717) is 5.82 Å². The summed E-state index contributed by atoms with van der Waals surface area (Å²) in [6.07, 6.45) is 13.2. The minimum absolute atomic E-state index is 0.111. The number of likely N-dealkylation sites (tertiary alicyclic amines) is 1. The highest BCUT2D eigenvalue weighted by Crippen LogP contribution is 2.27. The Morgan fingerprint density at radius 3 is 2.56 bits per heavy atom. The van der Waals surface area contributed by atoms with Gasteiger partial charge in [-0.1, -0.05) is 0 Å². The summed E-state index contributed by atoms with van der Waals surface area (Å²) in [5, 5.41) is 0. The number of nitrogens with one attached hydrogen (secondary N) is 1. The molecule has 2 fully saturated rings. The van der Waals surface area contributed by atoms with Crippen LogP contribution in [0.2, 0.25) is 0 Å². The van der Waals surface area contributed by atoms with Crippen LogP contribution in [-0.2, 0) is 6.54 Å². The number of piperidine rings is 2. The molecule has 1 atom stereocenters. The Kier molecular flexibility index (Phi) is 6.20. The lowest BCUT2D eigenvalue weighted by Crippen LogP contribution is -2.35. The lowest BCUT2D eigenvalue weighted by Gasteiger charge is -2.32. The molecule has 0 radical (unpaired) electrons. The van der Waals surface area contributed by atoms with E-state index in [9.17, 15) is 4.79 Å².